The van der Waals surface area contributed by atoms with Gasteiger partial charge in [-0.25, -0.2) is 4.98 Å². The molecule has 4 heteroatoms. The minimum atomic E-state index is 0.778. The number of nitrogens with one attached hydrogen (secondary N) is 1. The normalized spacial score (nSPS) is 10.5. The summed E-state index contributed by atoms with van der Waals surface area (Å²) in [5.41, 5.74) is 2.87. The second-order valence-electron chi connectivity index (χ2n) is 3.91. The first-order valence-electron chi connectivity index (χ1n) is 5.72. The molecule has 0 saturated heterocycles. The van der Waals surface area contributed by atoms with Crippen LogP contribution in [0, 0.1) is 0 Å². The zero-order valence-electron chi connectivity index (χ0n) is 9.96. The van der Waals surface area contributed by atoms with E-state index in [-0.39, 0.29) is 0 Å². The van der Waals surface area contributed by atoms with Gasteiger partial charge in [0.15, 0.2) is 5.82 Å². The van der Waals surface area contributed by atoms with Crippen molar-refractivity contribution >= 4 is 16.7 Å². The minimum Gasteiger partial charge on any atom is -0.371 e. The van der Waals surface area contributed by atoms with E-state index >= 15 is 0 Å². The Kier molecular flexibility index (Phi) is 2.61. The maximum atomic E-state index is 4.38. The van der Waals surface area contributed by atoms with Gasteiger partial charge in [-0.05, 0) is 18.2 Å². The van der Waals surface area contributed by atoms with Crippen molar-refractivity contribution in [2.45, 2.75) is 0 Å². The summed E-state index contributed by atoms with van der Waals surface area (Å²) < 4.78 is 0. The van der Waals surface area contributed by atoms with Crippen LogP contribution in [0.3, 0.4) is 0 Å². The zero-order chi connectivity index (χ0) is 12.4. The fourth-order valence-electron chi connectivity index (χ4n) is 1.96. The van der Waals surface area contributed by atoms with Crippen LogP contribution in [0.15, 0.2) is 48.9 Å². The molecule has 0 spiro atoms. The van der Waals surface area contributed by atoms with Crippen molar-refractivity contribution in [3.8, 4) is 11.3 Å². The Morgan fingerprint density at radius 3 is 2.72 bits per heavy atom. The summed E-state index contributed by atoms with van der Waals surface area (Å²) >= 11 is 0. The number of nitrogens with zero attached hydrogens (tertiary/aromatic N) is 3. The average Bonchev–Trinajstić information content (AvgIpc) is 2.46. The monoisotopic (exact) mass is 236 g/mol. The number of fused-ring (bicyclic) bond motifs is 1. The van der Waals surface area contributed by atoms with Gasteiger partial charge in [-0.1, -0.05) is 12.1 Å². The van der Waals surface area contributed by atoms with Gasteiger partial charge >= 0.3 is 0 Å². The highest BCUT2D eigenvalue weighted by molar-refractivity contribution is 5.85. The maximum absolute atomic E-state index is 4.38. The molecule has 88 valence electrons. The van der Waals surface area contributed by atoms with Crippen LogP contribution in [0.25, 0.3) is 22.2 Å². The van der Waals surface area contributed by atoms with Crippen molar-refractivity contribution in [1.29, 1.82) is 0 Å². The van der Waals surface area contributed by atoms with Crippen LogP contribution in [0.2, 0.25) is 0 Å². The molecule has 0 bridgehead atoms. The Labute approximate surface area is 105 Å². The second-order valence-corrected chi connectivity index (χ2v) is 3.91. The number of rotatable bonds is 2. The second kappa shape index (κ2) is 4.41. The van der Waals surface area contributed by atoms with Crippen molar-refractivity contribution in [3.05, 3.63) is 48.9 Å². The molecule has 0 fully saturated rings. The first-order chi connectivity index (χ1) is 8.88. The van der Waals surface area contributed by atoms with Gasteiger partial charge in [-0.2, -0.15) is 0 Å². The van der Waals surface area contributed by atoms with Crippen LogP contribution >= 0.6 is 0 Å². The Morgan fingerprint density at radius 1 is 0.944 bits per heavy atom. The predicted molar refractivity (Wildman–Crippen MR) is 72.3 cm³/mol. The van der Waals surface area contributed by atoms with E-state index in [0.29, 0.717) is 0 Å². The highest BCUT2D eigenvalue weighted by Gasteiger charge is 2.06. The van der Waals surface area contributed by atoms with E-state index in [2.05, 4.69) is 26.3 Å². The van der Waals surface area contributed by atoms with Crippen molar-refractivity contribution in [2.24, 2.45) is 0 Å². The quantitative estimate of drug-likeness (QED) is 0.743. The van der Waals surface area contributed by atoms with E-state index in [1.807, 2.05) is 31.3 Å². The van der Waals surface area contributed by atoms with Crippen molar-refractivity contribution < 1.29 is 0 Å². The van der Waals surface area contributed by atoms with E-state index in [1.165, 1.54) is 0 Å². The number of hydrogen-bond acceptors (Lipinski definition) is 4. The van der Waals surface area contributed by atoms with Crippen molar-refractivity contribution in [2.75, 3.05) is 12.4 Å². The first kappa shape index (κ1) is 10.7. The lowest BCUT2D eigenvalue weighted by atomic mass is 10.1. The molecule has 0 unspecified atom stereocenters. The Hall–Kier alpha value is -2.49. The third kappa shape index (κ3) is 1.78. The van der Waals surface area contributed by atoms with E-state index in [0.717, 1.165) is 28.0 Å². The molecule has 3 aromatic rings. The molecule has 0 atom stereocenters. The van der Waals surface area contributed by atoms with Gasteiger partial charge in [0.25, 0.3) is 0 Å². The number of hydrogen-bond donors (Lipinski definition) is 1. The van der Waals surface area contributed by atoms with E-state index in [4.69, 9.17) is 0 Å². The lowest BCUT2D eigenvalue weighted by Crippen LogP contribution is -1.97. The molecular weight excluding hydrogens is 224 g/mol. The molecule has 0 aliphatic heterocycles. The molecule has 0 saturated carbocycles. The molecule has 4 nitrogen and oxygen atoms in total. The van der Waals surface area contributed by atoms with Gasteiger partial charge in [0.2, 0.25) is 0 Å². The fourth-order valence-corrected chi connectivity index (χ4v) is 1.96. The smallest absolute Gasteiger partial charge is 0.152 e. The third-order valence-electron chi connectivity index (χ3n) is 2.81. The minimum absolute atomic E-state index is 0.778. The summed E-state index contributed by atoms with van der Waals surface area (Å²) in [6.45, 7) is 0. The molecule has 1 aromatic carbocycles. The van der Waals surface area contributed by atoms with Crippen molar-refractivity contribution in [3.63, 3.8) is 0 Å². The van der Waals surface area contributed by atoms with Crippen LogP contribution in [0.1, 0.15) is 0 Å². The summed E-state index contributed by atoms with van der Waals surface area (Å²) in [6, 6.07) is 10.1. The van der Waals surface area contributed by atoms with E-state index in [9.17, 15) is 0 Å². The summed E-state index contributed by atoms with van der Waals surface area (Å²) in [7, 11) is 1.84. The van der Waals surface area contributed by atoms with Crippen LogP contribution in [0.4, 0.5) is 5.82 Å². The van der Waals surface area contributed by atoms with Gasteiger partial charge < -0.3 is 5.32 Å². The largest absolute Gasteiger partial charge is 0.371 e. The molecule has 18 heavy (non-hydrogen) atoms. The summed E-state index contributed by atoms with van der Waals surface area (Å²) in [4.78, 5) is 13.0. The number of aromatic nitrogens is 3. The van der Waals surface area contributed by atoms with Crippen LogP contribution in [0.5, 0.6) is 0 Å². The van der Waals surface area contributed by atoms with Gasteiger partial charge in [0.05, 0.1) is 5.52 Å². The fraction of sp³-hybridized carbons (Fsp3) is 0.0714. The Bertz CT molecular complexity index is 694. The molecule has 1 N–H and O–H groups in total. The predicted octanol–water partition coefficient (Wildman–Crippen LogP) is 2.73. The van der Waals surface area contributed by atoms with Crippen LogP contribution in [-0.2, 0) is 0 Å². The maximum Gasteiger partial charge on any atom is 0.152 e. The third-order valence-corrected chi connectivity index (χ3v) is 2.81. The molecule has 2 aromatic heterocycles. The SMILES string of the molecule is CNc1nccnc1-c1ccc2ncccc2c1. The molecule has 0 aliphatic rings. The standard InChI is InChI=1S/C14H12N4/c1-15-14-13(17-7-8-18-14)11-4-5-12-10(9-11)3-2-6-16-12/h2-9H,1H3,(H,15,18). The zero-order valence-corrected chi connectivity index (χ0v) is 9.96. The van der Waals surface area contributed by atoms with Gasteiger partial charge in [0.1, 0.15) is 5.69 Å². The summed E-state index contributed by atoms with van der Waals surface area (Å²) in [5, 5.41) is 4.15. The molecular formula is C14H12N4. The van der Waals surface area contributed by atoms with Crippen molar-refractivity contribution in [1.82, 2.24) is 15.0 Å². The van der Waals surface area contributed by atoms with Gasteiger partial charge in [0, 0.05) is 36.6 Å². The lowest BCUT2D eigenvalue weighted by molar-refractivity contribution is 1.19. The van der Waals surface area contributed by atoms with E-state index < -0.39 is 0 Å². The highest BCUT2D eigenvalue weighted by atomic mass is 15.0. The topological polar surface area (TPSA) is 50.7 Å². The summed E-state index contributed by atoms with van der Waals surface area (Å²) in [5.74, 6) is 0.778. The number of anilines is 1. The van der Waals surface area contributed by atoms with Gasteiger partial charge in [-0.15, -0.1) is 0 Å². The summed E-state index contributed by atoms with van der Waals surface area (Å²) in [6.07, 6.45) is 5.17. The van der Waals surface area contributed by atoms with Crippen LogP contribution in [-0.4, -0.2) is 22.0 Å². The average molecular weight is 236 g/mol. The molecule has 0 radical (unpaired) electrons. The Balaban J connectivity index is 2.19. The van der Waals surface area contributed by atoms with Gasteiger partial charge in [-0.3, -0.25) is 9.97 Å². The number of pyridine rings is 1. The van der Waals surface area contributed by atoms with E-state index in [1.54, 1.807) is 18.6 Å². The first-order valence-corrected chi connectivity index (χ1v) is 5.72. The molecule has 0 aliphatic carbocycles. The molecule has 2 heterocycles. The molecule has 0 amide bonds. The highest BCUT2D eigenvalue weighted by Crippen LogP contribution is 2.25. The Morgan fingerprint density at radius 2 is 1.83 bits per heavy atom. The molecule has 3 rings (SSSR count). The lowest BCUT2D eigenvalue weighted by Gasteiger charge is -2.07. The van der Waals surface area contributed by atoms with Crippen LogP contribution < -0.4 is 5.32 Å². The number of benzene rings is 1.